The number of nitrogens with zero attached hydrogens (tertiary/aromatic N) is 2. The van der Waals surface area contributed by atoms with Crippen LogP contribution in [-0.4, -0.2) is 50.3 Å². The SMILES string of the molecule is CCN(CC)S(=O)(=O)c1ccc(Cl)c(C(=O)OC(C)C(=O)N2CCc3ccccc32)c1. The lowest BCUT2D eigenvalue weighted by atomic mass is 10.2. The van der Waals surface area contributed by atoms with Crippen LogP contribution in [0.15, 0.2) is 47.4 Å². The Kier molecular flexibility index (Phi) is 7.03. The largest absolute Gasteiger partial charge is 0.449 e. The molecule has 0 bridgehead atoms. The minimum atomic E-state index is -3.77. The molecule has 2 aromatic carbocycles. The lowest BCUT2D eigenvalue weighted by Crippen LogP contribution is -2.39. The molecule has 0 saturated heterocycles. The van der Waals surface area contributed by atoms with E-state index in [-0.39, 0.29) is 21.4 Å². The molecule has 2 aromatic rings. The van der Waals surface area contributed by atoms with Gasteiger partial charge >= 0.3 is 5.97 Å². The van der Waals surface area contributed by atoms with Gasteiger partial charge in [0.2, 0.25) is 10.0 Å². The minimum absolute atomic E-state index is 0.0506. The average Bonchev–Trinajstić information content (AvgIpc) is 3.18. The molecule has 1 atom stereocenters. The molecule has 1 aliphatic heterocycles. The van der Waals surface area contributed by atoms with Crippen molar-refractivity contribution in [2.75, 3.05) is 24.5 Å². The molecule has 1 amide bonds. The van der Waals surface area contributed by atoms with Crippen LogP contribution in [0.4, 0.5) is 5.69 Å². The van der Waals surface area contributed by atoms with Gasteiger partial charge in [-0.25, -0.2) is 13.2 Å². The maximum Gasteiger partial charge on any atom is 0.340 e. The fourth-order valence-electron chi connectivity index (χ4n) is 3.59. The number of hydrogen-bond acceptors (Lipinski definition) is 5. The molecule has 7 nitrogen and oxygen atoms in total. The molecule has 0 spiro atoms. The monoisotopic (exact) mass is 464 g/mol. The average molecular weight is 465 g/mol. The second kappa shape index (κ2) is 9.38. The Morgan fingerprint density at radius 2 is 1.84 bits per heavy atom. The van der Waals surface area contributed by atoms with E-state index in [1.165, 1.54) is 29.4 Å². The van der Waals surface area contributed by atoms with Crippen molar-refractivity contribution in [3.63, 3.8) is 0 Å². The highest BCUT2D eigenvalue weighted by Gasteiger charge is 2.31. The van der Waals surface area contributed by atoms with Gasteiger partial charge in [-0.1, -0.05) is 43.6 Å². The van der Waals surface area contributed by atoms with Crippen LogP contribution in [0.2, 0.25) is 5.02 Å². The molecule has 0 aromatic heterocycles. The number of sulfonamides is 1. The van der Waals surface area contributed by atoms with E-state index < -0.39 is 22.1 Å². The van der Waals surface area contributed by atoms with Gasteiger partial charge in [0.05, 0.1) is 15.5 Å². The smallest absolute Gasteiger partial charge is 0.340 e. The van der Waals surface area contributed by atoms with Crippen LogP contribution >= 0.6 is 11.6 Å². The van der Waals surface area contributed by atoms with Crippen molar-refractivity contribution in [2.45, 2.75) is 38.2 Å². The number of ether oxygens (including phenoxy) is 1. The van der Waals surface area contributed by atoms with Crippen molar-refractivity contribution in [3.05, 3.63) is 58.6 Å². The van der Waals surface area contributed by atoms with Crippen molar-refractivity contribution in [1.29, 1.82) is 0 Å². The summed E-state index contributed by atoms with van der Waals surface area (Å²) in [6.07, 6.45) is -0.322. The van der Waals surface area contributed by atoms with E-state index in [0.717, 1.165) is 17.7 Å². The van der Waals surface area contributed by atoms with Gasteiger partial charge in [-0.3, -0.25) is 4.79 Å². The molecule has 1 unspecified atom stereocenters. The normalized spacial score (nSPS) is 14.4. The molecule has 166 valence electrons. The third-order valence-corrected chi connectivity index (χ3v) is 7.66. The number of halogens is 1. The zero-order valence-electron chi connectivity index (χ0n) is 17.7. The molecule has 1 aliphatic rings. The van der Waals surface area contributed by atoms with Crippen molar-refractivity contribution < 1.29 is 22.7 Å². The number of rotatable bonds is 7. The van der Waals surface area contributed by atoms with E-state index in [1.54, 1.807) is 18.7 Å². The van der Waals surface area contributed by atoms with Crippen LogP contribution in [0.25, 0.3) is 0 Å². The molecule has 1 heterocycles. The van der Waals surface area contributed by atoms with Crippen LogP contribution < -0.4 is 4.90 Å². The first kappa shape index (κ1) is 23.2. The van der Waals surface area contributed by atoms with Gasteiger partial charge in [-0.2, -0.15) is 4.31 Å². The Morgan fingerprint density at radius 3 is 2.52 bits per heavy atom. The molecule has 0 aliphatic carbocycles. The number of carbonyl (C=O) groups is 2. The highest BCUT2D eigenvalue weighted by molar-refractivity contribution is 7.89. The van der Waals surface area contributed by atoms with Gasteiger partial charge < -0.3 is 9.64 Å². The summed E-state index contributed by atoms with van der Waals surface area (Å²) < 4.78 is 32.2. The minimum Gasteiger partial charge on any atom is -0.449 e. The first-order chi connectivity index (χ1) is 14.7. The number of anilines is 1. The number of para-hydroxylation sites is 1. The maximum absolute atomic E-state index is 12.9. The molecular weight excluding hydrogens is 440 g/mol. The first-order valence-corrected chi connectivity index (χ1v) is 11.9. The Labute approximate surface area is 187 Å². The number of fused-ring (bicyclic) bond motifs is 1. The topological polar surface area (TPSA) is 84.0 Å². The Morgan fingerprint density at radius 1 is 1.16 bits per heavy atom. The molecular formula is C22H25ClN2O5S. The molecule has 0 saturated carbocycles. The highest BCUT2D eigenvalue weighted by Crippen LogP contribution is 2.29. The Hall–Kier alpha value is -2.42. The number of benzene rings is 2. The maximum atomic E-state index is 12.9. The second-order valence-electron chi connectivity index (χ2n) is 7.15. The van der Waals surface area contributed by atoms with E-state index in [0.29, 0.717) is 19.6 Å². The number of amides is 1. The Bertz CT molecular complexity index is 1100. The van der Waals surface area contributed by atoms with Gasteiger partial charge in [0.15, 0.2) is 6.10 Å². The second-order valence-corrected chi connectivity index (χ2v) is 9.49. The summed E-state index contributed by atoms with van der Waals surface area (Å²) in [5.41, 5.74) is 1.77. The van der Waals surface area contributed by atoms with Crippen LogP contribution in [-0.2, 0) is 26.0 Å². The summed E-state index contributed by atoms with van der Waals surface area (Å²) >= 11 is 6.14. The van der Waals surface area contributed by atoms with E-state index in [2.05, 4.69) is 0 Å². The standard InChI is InChI=1S/C22H25ClN2O5S/c1-4-24(5-2)31(28,29)17-10-11-19(23)18(14-17)22(27)30-15(3)21(26)25-13-12-16-8-6-7-9-20(16)25/h6-11,14-15H,4-5,12-13H2,1-3H3. The summed E-state index contributed by atoms with van der Waals surface area (Å²) in [6.45, 7) is 6.06. The molecule has 31 heavy (non-hydrogen) atoms. The third kappa shape index (κ3) is 4.61. The van der Waals surface area contributed by atoms with E-state index in [9.17, 15) is 18.0 Å². The third-order valence-electron chi connectivity index (χ3n) is 5.29. The Balaban J connectivity index is 1.80. The summed E-state index contributed by atoms with van der Waals surface area (Å²) in [5.74, 6) is -1.20. The quantitative estimate of drug-likeness (QED) is 0.585. The van der Waals surface area contributed by atoms with Crippen LogP contribution in [0.5, 0.6) is 0 Å². The van der Waals surface area contributed by atoms with E-state index >= 15 is 0 Å². The van der Waals surface area contributed by atoms with E-state index in [4.69, 9.17) is 16.3 Å². The van der Waals surface area contributed by atoms with Crippen molar-refractivity contribution in [2.24, 2.45) is 0 Å². The van der Waals surface area contributed by atoms with Gasteiger partial charge in [0.1, 0.15) is 0 Å². The molecule has 0 radical (unpaired) electrons. The van der Waals surface area contributed by atoms with Crippen LogP contribution in [0, 0.1) is 0 Å². The fourth-order valence-corrected chi connectivity index (χ4v) is 5.27. The number of esters is 1. The van der Waals surface area contributed by atoms with Crippen molar-refractivity contribution in [3.8, 4) is 0 Å². The predicted octanol–water partition coefficient (Wildman–Crippen LogP) is 3.51. The molecule has 3 rings (SSSR count). The lowest BCUT2D eigenvalue weighted by Gasteiger charge is -2.22. The highest BCUT2D eigenvalue weighted by atomic mass is 35.5. The predicted molar refractivity (Wildman–Crippen MR) is 119 cm³/mol. The number of carbonyl (C=O) groups excluding carboxylic acids is 2. The lowest BCUT2D eigenvalue weighted by molar-refractivity contribution is -0.126. The van der Waals surface area contributed by atoms with Gasteiger partial charge in [0, 0.05) is 25.3 Å². The molecule has 0 N–H and O–H groups in total. The van der Waals surface area contributed by atoms with Crippen LogP contribution in [0.1, 0.15) is 36.7 Å². The summed E-state index contributed by atoms with van der Waals surface area (Å²) in [5, 5.41) is 0.0506. The van der Waals surface area contributed by atoms with Gasteiger partial charge in [-0.05, 0) is 43.2 Å². The van der Waals surface area contributed by atoms with Gasteiger partial charge in [0.25, 0.3) is 5.91 Å². The molecule has 0 fully saturated rings. The summed E-state index contributed by atoms with van der Waals surface area (Å²) in [6, 6.07) is 11.5. The van der Waals surface area contributed by atoms with Crippen LogP contribution in [0.3, 0.4) is 0 Å². The first-order valence-electron chi connectivity index (χ1n) is 10.1. The number of hydrogen-bond donors (Lipinski definition) is 0. The zero-order valence-corrected chi connectivity index (χ0v) is 19.2. The summed E-state index contributed by atoms with van der Waals surface area (Å²) in [7, 11) is -3.77. The van der Waals surface area contributed by atoms with E-state index in [1.807, 2.05) is 24.3 Å². The fraction of sp³-hybridized carbons (Fsp3) is 0.364. The molecule has 9 heteroatoms. The zero-order chi connectivity index (χ0) is 22.8. The van der Waals surface area contributed by atoms with Gasteiger partial charge in [-0.15, -0.1) is 0 Å². The summed E-state index contributed by atoms with van der Waals surface area (Å²) in [4.78, 5) is 27.1. The van der Waals surface area contributed by atoms with Crippen molar-refractivity contribution >= 4 is 39.2 Å². The van der Waals surface area contributed by atoms with Crippen molar-refractivity contribution in [1.82, 2.24) is 4.31 Å².